The van der Waals surface area contributed by atoms with Gasteiger partial charge in [0.2, 0.25) is 5.91 Å². The molecule has 1 saturated heterocycles. The van der Waals surface area contributed by atoms with Crippen molar-refractivity contribution in [2.45, 2.75) is 32.1 Å². The molecule has 1 aliphatic rings. The normalized spacial score (nSPS) is 25.9. The smallest absolute Gasteiger partial charge is 0.225 e. The molecule has 3 heteroatoms. The van der Waals surface area contributed by atoms with Gasteiger partial charge in [0.1, 0.15) is 0 Å². The molecule has 1 rings (SSSR count). The Hall–Kier alpha value is -0.240. The zero-order valence-corrected chi connectivity index (χ0v) is 8.47. The van der Waals surface area contributed by atoms with Gasteiger partial charge in [-0.3, -0.25) is 4.79 Å². The van der Waals surface area contributed by atoms with Crippen LogP contribution in [0.2, 0.25) is 0 Å². The van der Waals surface area contributed by atoms with Gasteiger partial charge in [0.05, 0.1) is 5.38 Å². The fourth-order valence-corrected chi connectivity index (χ4v) is 1.67. The van der Waals surface area contributed by atoms with Crippen LogP contribution < -0.4 is 0 Å². The molecular formula is C9H16ClNO. The fourth-order valence-electron chi connectivity index (χ4n) is 1.40. The molecular weight excluding hydrogens is 174 g/mol. The fraction of sp³-hybridized carbons (Fsp3) is 0.889. The first-order valence-corrected chi connectivity index (χ1v) is 5.01. The first kappa shape index (κ1) is 9.85. The maximum atomic E-state index is 11.6. The van der Waals surface area contributed by atoms with Crippen molar-refractivity contribution in [3.05, 3.63) is 0 Å². The van der Waals surface area contributed by atoms with Crippen LogP contribution in [0.1, 0.15) is 26.7 Å². The summed E-state index contributed by atoms with van der Waals surface area (Å²) in [5.41, 5.74) is 0. The number of hydrogen-bond acceptors (Lipinski definition) is 1. The van der Waals surface area contributed by atoms with E-state index in [1.807, 2.05) is 18.7 Å². The van der Waals surface area contributed by atoms with Gasteiger partial charge in [0, 0.05) is 19.0 Å². The summed E-state index contributed by atoms with van der Waals surface area (Å²) in [5.74, 6) is 0.424. The zero-order chi connectivity index (χ0) is 9.14. The summed E-state index contributed by atoms with van der Waals surface area (Å²) in [6.07, 6.45) is 1.87. The standard InChI is InChI=1S/C9H16ClNO/c1-3-7(2)9(12)11-5-4-8(10)6-11/h7-8H,3-6H2,1-2H3. The number of carbonyl (C=O) groups excluding carboxylic acids is 1. The second-order valence-electron chi connectivity index (χ2n) is 3.48. The molecule has 0 saturated carbocycles. The van der Waals surface area contributed by atoms with Crippen molar-refractivity contribution in [1.82, 2.24) is 4.90 Å². The van der Waals surface area contributed by atoms with Crippen molar-refractivity contribution in [3.63, 3.8) is 0 Å². The van der Waals surface area contributed by atoms with E-state index >= 15 is 0 Å². The van der Waals surface area contributed by atoms with Crippen LogP contribution in [0.5, 0.6) is 0 Å². The minimum absolute atomic E-state index is 0.159. The van der Waals surface area contributed by atoms with E-state index in [0.717, 1.165) is 25.9 Å². The van der Waals surface area contributed by atoms with E-state index in [2.05, 4.69) is 0 Å². The Kier molecular flexibility index (Phi) is 3.39. The summed E-state index contributed by atoms with van der Waals surface area (Å²) < 4.78 is 0. The lowest BCUT2D eigenvalue weighted by Crippen LogP contribution is -2.33. The van der Waals surface area contributed by atoms with Gasteiger partial charge in [0.25, 0.3) is 0 Å². The molecule has 1 fully saturated rings. The molecule has 0 radical (unpaired) electrons. The van der Waals surface area contributed by atoms with Crippen molar-refractivity contribution >= 4 is 17.5 Å². The number of halogens is 1. The summed E-state index contributed by atoms with van der Waals surface area (Å²) in [6, 6.07) is 0. The Morgan fingerprint density at radius 3 is 2.83 bits per heavy atom. The van der Waals surface area contributed by atoms with Crippen molar-refractivity contribution in [2.24, 2.45) is 5.92 Å². The van der Waals surface area contributed by atoms with Crippen LogP contribution in [-0.2, 0) is 4.79 Å². The van der Waals surface area contributed by atoms with E-state index in [0.29, 0.717) is 0 Å². The van der Waals surface area contributed by atoms with Crippen LogP contribution in [0.15, 0.2) is 0 Å². The number of amides is 1. The highest BCUT2D eigenvalue weighted by molar-refractivity contribution is 6.21. The van der Waals surface area contributed by atoms with Gasteiger partial charge >= 0.3 is 0 Å². The highest BCUT2D eigenvalue weighted by atomic mass is 35.5. The van der Waals surface area contributed by atoms with Crippen LogP contribution in [0.3, 0.4) is 0 Å². The highest BCUT2D eigenvalue weighted by Crippen LogP contribution is 2.17. The Bertz CT molecular complexity index is 172. The SMILES string of the molecule is CCC(C)C(=O)N1CCC(Cl)C1. The predicted molar refractivity (Wildman–Crippen MR) is 50.3 cm³/mol. The number of likely N-dealkylation sites (tertiary alicyclic amines) is 1. The van der Waals surface area contributed by atoms with E-state index in [9.17, 15) is 4.79 Å². The van der Waals surface area contributed by atoms with Crippen molar-refractivity contribution in [2.75, 3.05) is 13.1 Å². The molecule has 0 N–H and O–H groups in total. The van der Waals surface area contributed by atoms with Gasteiger partial charge in [-0.25, -0.2) is 0 Å². The summed E-state index contributed by atoms with van der Waals surface area (Å²) in [5, 5.41) is 0.179. The number of hydrogen-bond donors (Lipinski definition) is 0. The maximum absolute atomic E-state index is 11.6. The van der Waals surface area contributed by atoms with Crippen molar-refractivity contribution in [1.29, 1.82) is 0 Å². The van der Waals surface area contributed by atoms with Gasteiger partial charge in [-0.2, -0.15) is 0 Å². The van der Waals surface area contributed by atoms with Crippen molar-refractivity contribution in [3.8, 4) is 0 Å². The molecule has 0 spiro atoms. The summed E-state index contributed by atoms with van der Waals surface area (Å²) in [4.78, 5) is 13.5. The minimum atomic E-state index is 0.159. The molecule has 0 bridgehead atoms. The lowest BCUT2D eigenvalue weighted by atomic mass is 10.1. The van der Waals surface area contributed by atoms with Gasteiger partial charge in [-0.1, -0.05) is 13.8 Å². The first-order chi connectivity index (χ1) is 5.65. The minimum Gasteiger partial charge on any atom is -0.341 e. The van der Waals surface area contributed by atoms with Gasteiger partial charge < -0.3 is 4.90 Å². The van der Waals surface area contributed by atoms with Crippen LogP contribution in [0.25, 0.3) is 0 Å². The highest BCUT2D eigenvalue weighted by Gasteiger charge is 2.26. The number of carbonyl (C=O) groups is 1. The van der Waals surface area contributed by atoms with E-state index < -0.39 is 0 Å². The molecule has 0 aromatic rings. The van der Waals surface area contributed by atoms with E-state index in [-0.39, 0.29) is 17.2 Å². The Morgan fingerprint density at radius 2 is 2.42 bits per heavy atom. The lowest BCUT2D eigenvalue weighted by molar-refractivity contribution is -0.133. The second-order valence-corrected chi connectivity index (χ2v) is 4.10. The van der Waals surface area contributed by atoms with Crippen molar-refractivity contribution < 1.29 is 4.79 Å². The molecule has 2 unspecified atom stereocenters. The van der Waals surface area contributed by atoms with Gasteiger partial charge in [-0.05, 0) is 12.8 Å². The van der Waals surface area contributed by atoms with E-state index in [1.165, 1.54) is 0 Å². The number of nitrogens with zero attached hydrogens (tertiary/aromatic N) is 1. The largest absolute Gasteiger partial charge is 0.341 e. The summed E-state index contributed by atoms with van der Waals surface area (Å²) >= 11 is 5.90. The average molecular weight is 190 g/mol. The molecule has 12 heavy (non-hydrogen) atoms. The molecule has 1 heterocycles. The predicted octanol–water partition coefficient (Wildman–Crippen LogP) is 1.87. The van der Waals surface area contributed by atoms with Crippen LogP contribution in [0, 0.1) is 5.92 Å². The average Bonchev–Trinajstić information content (AvgIpc) is 2.49. The molecule has 0 aromatic heterocycles. The molecule has 1 amide bonds. The van der Waals surface area contributed by atoms with E-state index in [1.54, 1.807) is 0 Å². The molecule has 0 aromatic carbocycles. The summed E-state index contributed by atoms with van der Waals surface area (Å²) in [6.45, 7) is 5.60. The zero-order valence-electron chi connectivity index (χ0n) is 7.72. The van der Waals surface area contributed by atoms with Crippen LogP contribution in [-0.4, -0.2) is 29.3 Å². The van der Waals surface area contributed by atoms with Crippen LogP contribution in [0.4, 0.5) is 0 Å². The molecule has 1 aliphatic heterocycles. The monoisotopic (exact) mass is 189 g/mol. The van der Waals surface area contributed by atoms with Gasteiger partial charge in [0.15, 0.2) is 0 Å². The lowest BCUT2D eigenvalue weighted by Gasteiger charge is -2.19. The number of rotatable bonds is 2. The Morgan fingerprint density at radius 1 is 1.75 bits per heavy atom. The molecule has 0 aliphatic carbocycles. The van der Waals surface area contributed by atoms with E-state index in [4.69, 9.17) is 11.6 Å². The van der Waals surface area contributed by atoms with Gasteiger partial charge in [-0.15, -0.1) is 11.6 Å². The third-order valence-electron chi connectivity index (χ3n) is 2.48. The summed E-state index contributed by atoms with van der Waals surface area (Å²) in [7, 11) is 0. The second kappa shape index (κ2) is 4.13. The topological polar surface area (TPSA) is 20.3 Å². The Balaban J connectivity index is 2.43. The Labute approximate surface area is 78.9 Å². The third kappa shape index (κ3) is 2.13. The molecule has 2 nitrogen and oxygen atoms in total. The quantitative estimate of drug-likeness (QED) is 0.608. The third-order valence-corrected chi connectivity index (χ3v) is 2.83. The number of alkyl halides is 1. The molecule has 2 atom stereocenters. The first-order valence-electron chi connectivity index (χ1n) is 4.58. The maximum Gasteiger partial charge on any atom is 0.225 e. The molecule has 70 valence electrons. The van der Waals surface area contributed by atoms with Crippen LogP contribution >= 0.6 is 11.6 Å².